The summed E-state index contributed by atoms with van der Waals surface area (Å²) in [7, 11) is 0. The van der Waals surface area contributed by atoms with Crippen LogP contribution < -0.4 is 5.32 Å². The minimum Gasteiger partial charge on any atom is -0.459 e. The highest BCUT2D eigenvalue weighted by Crippen LogP contribution is 2.30. The number of aromatic nitrogens is 3. The van der Waals surface area contributed by atoms with Crippen molar-refractivity contribution in [1.29, 1.82) is 0 Å². The fraction of sp³-hybridized carbons (Fsp3) is 0.105. The van der Waals surface area contributed by atoms with Gasteiger partial charge in [-0.05, 0) is 48.4 Å². The minimum atomic E-state index is -0.331. The molecule has 4 aromatic rings. The zero-order valence-electron chi connectivity index (χ0n) is 13.9. The molecule has 130 valence electrons. The van der Waals surface area contributed by atoms with Crippen molar-refractivity contribution in [3.63, 3.8) is 0 Å². The molecule has 0 fully saturated rings. The van der Waals surface area contributed by atoms with E-state index in [1.54, 1.807) is 30.3 Å². The Bertz CT molecular complexity index is 1090. The lowest BCUT2D eigenvalue weighted by Gasteiger charge is -2.07. The lowest BCUT2D eigenvalue weighted by atomic mass is 10.2. The molecule has 1 aromatic carbocycles. The second-order valence-electron chi connectivity index (χ2n) is 5.78. The largest absolute Gasteiger partial charge is 0.459 e. The van der Waals surface area contributed by atoms with E-state index in [2.05, 4.69) is 27.2 Å². The second kappa shape index (κ2) is 6.65. The molecule has 26 heavy (non-hydrogen) atoms. The average Bonchev–Trinajstić information content (AvgIpc) is 3.32. The summed E-state index contributed by atoms with van der Waals surface area (Å²) in [6, 6.07) is 10.5. The number of hydrogen-bond acceptors (Lipinski definition) is 4. The van der Waals surface area contributed by atoms with Gasteiger partial charge in [0.05, 0.1) is 16.8 Å². The topological polar surface area (TPSA) is 83.8 Å². The first-order valence-corrected chi connectivity index (χ1v) is 8.51. The number of pyridine rings is 1. The Balaban J connectivity index is 1.69. The van der Waals surface area contributed by atoms with Gasteiger partial charge < -0.3 is 14.7 Å². The summed E-state index contributed by atoms with van der Waals surface area (Å²) in [6.07, 6.45) is 4.16. The third-order valence-corrected chi connectivity index (χ3v) is 4.36. The van der Waals surface area contributed by atoms with Crippen LogP contribution in [0.5, 0.6) is 0 Å². The Morgan fingerprint density at radius 3 is 2.96 bits per heavy atom. The van der Waals surface area contributed by atoms with Crippen LogP contribution in [0, 0.1) is 0 Å². The molecule has 0 atom stereocenters. The quantitative estimate of drug-likeness (QED) is 0.549. The van der Waals surface area contributed by atoms with Gasteiger partial charge in [0, 0.05) is 17.4 Å². The molecule has 4 rings (SSSR count). The molecule has 3 aromatic heterocycles. The zero-order valence-corrected chi connectivity index (χ0v) is 14.7. The maximum Gasteiger partial charge on any atom is 0.291 e. The maximum absolute atomic E-state index is 12.1. The molecule has 0 bridgehead atoms. The highest BCUT2D eigenvalue weighted by molar-refractivity contribution is 6.33. The molecule has 0 aliphatic carbocycles. The smallest absolute Gasteiger partial charge is 0.291 e. The maximum atomic E-state index is 12.1. The Labute approximate surface area is 154 Å². The summed E-state index contributed by atoms with van der Waals surface area (Å²) in [6.45, 7) is 2.07. The number of carbonyl (C=O) groups is 1. The van der Waals surface area contributed by atoms with Crippen molar-refractivity contribution in [2.45, 2.75) is 13.3 Å². The number of furan rings is 1. The van der Waals surface area contributed by atoms with Crippen LogP contribution in [0.15, 0.2) is 53.3 Å². The van der Waals surface area contributed by atoms with Gasteiger partial charge in [0.1, 0.15) is 5.82 Å². The number of rotatable bonds is 4. The van der Waals surface area contributed by atoms with Gasteiger partial charge in [0.25, 0.3) is 5.91 Å². The predicted molar refractivity (Wildman–Crippen MR) is 100 cm³/mol. The Kier molecular flexibility index (Phi) is 4.18. The van der Waals surface area contributed by atoms with E-state index in [1.807, 2.05) is 12.3 Å². The molecule has 6 nitrogen and oxygen atoms in total. The standard InChI is InChI=1S/C19H15ClN4O2/c1-2-11-8-15-18(21-10-11)24-17(23-15)13-9-12(5-6-14(13)20)22-19(25)16-4-3-7-26-16/h3-10H,2H2,1H3,(H,22,25)(H,21,23,24). The van der Waals surface area contributed by atoms with E-state index >= 15 is 0 Å². The number of aryl methyl sites for hydroxylation is 1. The van der Waals surface area contributed by atoms with Crippen molar-refractivity contribution in [1.82, 2.24) is 15.0 Å². The number of benzene rings is 1. The molecule has 0 aliphatic heterocycles. The number of carbonyl (C=O) groups excluding carboxylic acids is 1. The molecule has 1 amide bonds. The molecular weight excluding hydrogens is 352 g/mol. The lowest BCUT2D eigenvalue weighted by molar-refractivity contribution is 0.0996. The Hall–Kier alpha value is -3.12. The van der Waals surface area contributed by atoms with Crippen molar-refractivity contribution in [3.8, 4) is 11.4 Å². The van der Waals surface area contributed by atoms with E-state index in [9.17, 15) is 4.79 Å². The van der Waals surface area contributed by atoms with Gasteiger partial charge in [-0.25, -0.2) is 9.97 Å². The number of aromatic amines is 1. The summed E-state index contributed by atoms with van der Waals surface area (Å²) in [5.74, 6) is 0.503. The number of anilines is 1. The van der Waals surface area contributed by atoms with Crippen molar-refractivity contribution in [2.24, 2.45) is 0 Å². The number of amides is 1. The van der Waals surface area contributed by atoms with E-state index in [1.165, 1.54) is 6.26 Å². The zero-order chi connectivity index (χ0) is 18.1. The van der Waals surface area contributed by atoms with Gasteiger partial charge in [-0.1, -0.05) is 18.5 Å². The number of nitrogens with one attached hydrogen (secondary N) is 2. The van der Waals surface area contributed by atoms with Crippen LogP contribution in [-0.2, 0) is 6.42 Å². The fourth-order valence-corrected chi connectivity index (χ4v) is 2.86. The predicted octanol–water partition coefficient (Wildman–Crippen LogP) is 4.69. The molecule has 0 saturated carbocycles. The first-order chi connectivity index (χ1) is 12.6. The molecule has 0 aliphatic rings. The van der Waals surface area contributed by atoms with E-state index in [0.29, 0.717) is 27.7 Å². The van der Waals surface area contributed by atoms with Gasteiger partial charge in [-0.3, -0.25) is 4.79 Å². The third kappa shape index (κ3) is 3.07. The van der Waals surface area contributed by atoms with Crippen LogP contribution in [0.2, 0.25) is 5.02 Å². The van der Waals surface area contributed by atoms with Crippen LogP contribution in [0.4, 0.5) is 5.69 Å². The van der Waals surface area contributed by atoms with Gasteiger partial charge >= 0.3 is 0 Å². The van der Waals surface area contributed by atoms with E-state index in [0.717, 1.165) is 17.5 Å². The van der Waals surface area contributed by atoms with Crippen LogP contribution in [-0.4, -0.2) is 20.9 Å². The fourth-order valence-electron chi connectivity index (χ4n) is 2.65. The second-order valence-corrected chi connectivity index (χ2v) is 6.19. The average molecular weight is 367 g/mol. The number of halogens is 1. The number of H-pyrrole nitrogens is 1. The van der Waals surface area contributed by atoms with Crippen LogP contribution in [0.25, 0.3) is 22.6 Å². The molecular formula is C19H15ClN4O2. The Morgan fingerprint density at radius 2 is 2.19 bits per heavy atom. The van der Waals surface area contributed by atoms with Gasteiger partial charge in [0.2, 0.25) is 0 Å². The number of nitrogens with zero attached hydrogens (tertiary/aromatic N) is 2. The summed E-state index contributed by atoms with van der Waals surface area (Å²) in [5.41, 5.74) is 3.87. The molecule has 0 saturated heterocycles. The van der Waals surface area contributed by atoms with Crippen LogP contribution >= 0.6 is 11.6 Å². The van der Waals surface area contributed by atoms with Gasteiger partial charge in [-0.15, -0.1) is 0 Å². The summed E-state index contributed by atoms with van der Waals surface area (Å²) in [5, 5.41) is 3.31. The van der Waals surface area contributed by atoms with Crippen molar-refractivity contribution in [3.05, 3.63) is 65.2 Å². The molecule has 0 unspecified atom stereocenters. The van der Waals surface area contributed by atoms with Crippen molar-refractivity contribution < 1.29 is 9.21 Å². The molecule has 3 heterocycles. The number of imidazole rings is 1. The van der Waals surface area contributed by atoms with Crippen LogP contribution in [0.1, 0.15) is 23.0 Å². The van der Waals surface area contributed by atoms with Gasteiger partial charge in [-0.2, -0.15) is 0 Å². The summed E-state index contributed by atoms with van der Waals surface area (Å²) in [4.78, 5) is 24.3. The van der Waals surface area contributed by atoms with Crippen molar-refractivity contribution >= 4 is 34.4 Å². The molecule has 7 heteroatoms. The summed E-state index contributed by atoms with van der Waals surface area (Å²) >= 11 is 6.34. The minimum absolute atomic E-state index is 0.238. The summed E-state index contributed by atoms with van der Waals surface area (Å²) < 4.78 is 5.10. The molecule has 0 radical (unpaired) electrons. The Morgan fingerprint density at radius 1 is 1.31 bits per heavy atom. The van der Waals surface area contributed by atoms with Crippen LogP contribution in [0.3, 0.4) is 0 Å². The normalized spacial score (nSPS) is 11.0. The molecule has 0 spiro atoms. The highest BCUT2D eigenvalue weighted by atomic mass is 35.5. The number of hydrogen-bond donors (Lipinski definition) is 2. The van der Waals surface area contributed by atoms with Gasteiger partial charge in [0.15, 0.2) is 11.4 Å². The van der Waals surface area contributed by atoms with E-state index < -0.39 is 0 Å². The SMILES string of the molecule is CCc1cnc2nc(-c3cc(NC(=O)c4ccco4)ccc3Cl)[nH]c2c1. The number of fused-ring (bicyclic) bond motifs is 1. The molecule has 2 N–H and O–H groups in total. The first kappa shape index (κ1) is 16.4. The van der Waals surface area contributed by atoms with E-state index in [4.69, 9.17) is 16.0 Å². The first-order valence-electron chi connectivity index (χ1n) is 8.13. The van der Waals surface area contributed by atoms with E-state index in [-0.39, 0.29) is 11.7 Å². The lowest BCUT2D eigenvalue weighted by Crippen LogP contribution is -2.10. The highest BCUT2D eigenvalue weighted by Gasteiger charge is 2.13. The third-order valence-electron chi connectivity index (χ3n) is 4.03. The monoisotopic (exact) mass is 366 g/mol. The van der Waals surface area contributed by atoms with Crippen molar-refractivity contribution in [2.75, 3.05) is 5.32 Å².